The molecule has 7 rings (SSSR count). The Morgan fingerprint density at radius 1 is 1.32 bits per heavy atom. The Balaban J connectivity index is 1.42. The van der Waals surface area contributed by atoms with Crippen LogP contribution in [0.2, 0.25) is 0 Å². The number of nitrogens with zero attached hydrogens (tertiary/aromatic N) is 2. The predicted octanol–water partition coefficient (Wildman–Crippen LogP) is 4.68. The lowest BCUT2D eigenvalue weighted by molar-refractivity contribution is -0.187. The maximum Gasteiger partial charge on any atom is 0.224 e. The SMILES string of the molecule is C=CCN1CC[C@]23c4c5ccc(O)c4O[C@H]2[C@H](N(C(C)=O)c2cccc4sc(C)cc24)CC[C@@]3(O)[C@H]1C5. The Kier molecular flexibility index (Phi) is 4.92. The number of fused-ring (bicyclic) bond motifs is 1. The van der Waals surface area contributed by atoms with Gasteiger partial charge in [0, 0.05) is 40.0 Å². The van der Waals surface area contributed by atoms with Gasteiger partial charge >= 0.3 is 0 Å². The molecule has 2 aliphatic heterocycles. The van der Waals surface area contributed by atoms with Gasteiger partial charge in [0.2, 0.25) is 5.91 Å². The molecule has 1 amide bonds. The van der Waals surface area contributed by atoms with Gasteiger partial charge in [-0.25, -0.2) is 0 Å². The Labute approximate surface area is 220 Å². The minimum absolute atomic E-state index is 0.0383. The Morgan fingerprint density at radius 2 is 2.16 bits per heavy atom. The molecule has 6 nitrogen and oxygen atoms in total. The lowest BCUT2D eigenvalue weighted by Gasteiger charge is -2.64. The highest BCUT2D eigenvalue weighted by Gasteiger charge is 2.73. The summed E-state index contributed by atoms with van der Waals surface area (Å²) in [6, 6.07) is 11.7. The summed E-state index contributed by atoms with van der Waals surface area (Å²) in [5, 5.41) is 24.6. The van der Waals surface area contributed by atoms with Gasteiger partial charge < -0.3 is 19.8 Å². The van der Waals surface area contributed by atoms with Gasteiger partial charge in [-0.1, -0.05) is 18.2 Å². The second-order valence-corrected chi connectivity index (χ2v) is 12.5. The number of phenols is 1. The van der Waals surface area contributed by atoms with E-state index >= 15 is 0 Å². The predicted molar refractivity (Wildman–Crippen MR) is 146 cm³/mol. The van der Waals surface area contributed by atoms with Crippen LogP contribution in [0.3, 0.4) is 0 Å². The van der Waals surface area contributed by atoms with Crippen molar-refractivity contribution in [1.29, 1.82) is 0 Å². The third-order valence-corrected chi connectivity index (χ3v) is 10.5. The molecule has 192 valence electrons. The number of ether oxygens (including phenoxy) is 1. The van der Waals surface area contributed by atoms with E-state index in [0.717, 1.165) is 40.0 Å². The molecule has 1 spiro atoms. The van der Waals surface area contributed by atoms with Crippen molar-refractivity contribution >= 4 is 33.0 Å². The molecule has 2 aromatic carbocycles. The molecule has 2 N–H and O–H groups in total. The van der Waals surface area contributed by atoms with Crippen molar-refractivity contribution in [3.63, 3.8) is 0 Å². The number of rotatable bonds is 4. The van der Waals surface area contributed by atoms with E-state index in [9.17, 15) is 15.0 Å². The number of hydrogen-bond acceptors (Lipinski definition) is 6. The van der Waals surface area contributed by atoms with E-state index < -0.39 is 17.1 Å². The topological polar surface area (TPSA) is 73.2 Å². The highest BCUT2D eigenvalue weighted by atomic mass is 32.1. The van der Waals surface area contributed by atoms with E-state index in [1.54, 1.807) is 24.3 Å². The largest absolute Gasteiger partial charge is 0.504 e. The summed E-state index contributed by atoms with van der Waals surface area (Å²) in [6.07, 6.45) is 4.04. The number of phenolic OH excluding ortho intramolecular Hbond substituents is 1. The first-order valence-corrected chi connectivity index (χ1v) is 14.0. The number of aromatic hydroxyl groups is 1. The Hall–Kier alpha value is -2.87. The highest BCUT2D eigenvalue weighted by molar-refractivity contribution is 7.19. The van der Waals surface area contributed by atoms with E-state index in [-0.39, 0.29) is 23.7 Å². The number of likely N-dealkylation sites (tertiary alicyclic amines) is 1. The number of aliphatic hydroxyl groups is 1. The second-order valence-electron chi connectivity index (χ2n) is 11.2. The zero-order valence-corrected chi connectivity index (χ0v) is 22.1. The first-order valence-electron chi connectivity index (χ1n) is 13.2. The Bertz CT molecular complexity index is 1470. The van der Waals surface area contributed by atoms with Crippen molar-refractivity contribution in [1.82, 2.24) is 4.90 Å². The summed E-state index contributed by atoms with van der Waals surface area (Å²) >= 11 is 1.73. The number of amides is 1. The fraction of sp³-hybridized carbons (Fsp3) is 0.433. The summed E-state index contributed by atoms with van der Waals surface area (Å²) < 4.78 is 7.86. The van der Waals surface area contributed by atoms with Crippen LogP contribution < -0.4 is 9.64 Å². The summed E-state index contributed by atoms with van der Waals surface area (Å²) in [4.78, 5) is 18.9. The number of anilines is 1. The fourth-order valence-electron chi connectivity index (χ4n) is 8.22. The smallest absolute Gasteiger partial charge is 0.224 e. The van der Waals surface area contributed by atoms with Crippen LogP contribution in [0.15, 0.2) is 49.1 Å². The lowest BCUT2D eigenvalue weighted by atomic mass is 9.48. The maximum absolute atomic E-state index is 13.4. The average molecular weight is 517 g/mol. The van der Waals surface area contributed by atoms with Crippen molar-refractivity contribution < 1.29 is 19.7 Å². The molecule has 1 saturated heterocycles. The molecular weight excluding hydrogens is 484 g/mol. The van der Waals surface area contributed by atoms with Gasteiger partial charge in [-0.2, -0.15) is 0 Å². The third kappa shape index (κ3) is 2.85. The van der Waals surface area contributed by atoms with Gasteiger partial charge in [-0.05, 0) is 69.0 Å². The van der Waals surface area contributed by atoms with Crippen molar-refractivity contribution in [3.8, 4) is 11.5 Å². The van der Waals surface area contributed by atoms with Gasteiger partial charge in [0.1, 0.15) is 6.10 Å². The molecule has 0 radical (unpaired) electrons. The van der Waals surface area contributed by atoms with Crippen LogP contribution in [-0.2, 0) is 16.6 Å². The average Bonchev–Trinajstić information content (AvgIpc) is 3.41. The number of aryl methyl sites for hydroxylation is 1. The van der Waals surface area contributed by atoms with Crippen LogP contribution >= 0.6 is 11.3 Å². The van der Waals surface area contributed by atoms with E-state index in [0.29, 0.717) is 31.4 Å². The molecule has 7 heteroatoms. The van der Waals surface area contributed by atoms with Crippen molar-refractivity contribution in [3.05, 3.63) is 65.1 Å². The molecule has 2 bridgehead atoms. The molecule has 3 heterocycles. The zero-order chi connectivity index (χ0) is 25.7. The van der Waals surface area contributed by atoms with E-state index in [2.05, 4.69) is 30.5 Å². The van der Waals surface area contributed by atoms with Crippen LogP contribution in [0.5, 0.6) is 11.5 Å². The van der Waals surface area contributed by atoms with Gasteiger partial charge in [-0.3, -0.25) is 9.69 Å². The van der Waals surface area contributed by atoms with Crippen LogP contribution in [0.4, 0.5) is 5.69 Å². The van der Waals surface area contributed by atoms with Crippen LogP contribution in [-0.4, -0.2) is 57.9 Å². The van der Waals surface area contributed by atoms with Crippen LogP contribution in [0.25, 0.3) is 10.1 Å². The number of carbonyl (C=O) groups excluding carboxylic acids is 1. The van der Waals surface area contributed by atoms with Crippen LogP contribution in [0.1, 0.15) is 42.2 Å². The number of benzene rings is 2. The van der Waals surface area contributed by atoms with Crippen molar-refractivity contribution in [2.75, 3.05) is 18.0 Å². The standard InChI is InChI=1S/C30H32N2O4S/c1-4-13-31-14-12-29-26-19-8-9-23(34)27(26)36-28(29)22(10-11-30(29,35)25(31)16-19)32(18(3)33)21-6-5-7-24-20(21)15-17(2)37-24/h4-9,15,22,25,28,34-35H,1,10-14,16H2,2-3H3/t22-,25-,28+,29+,30-/m1/s1. The van der Waals surface area contributed by atoms with Gasteiger partial charge in [-0.15, -0.1) is 17.9 Å². The summed E-state index contributed by atoms with van der Waals surface area (Å²) in [5.41, 5.74) is 1.28. The molecular formula is C30H32N2O4S. The molecule has 37 heavy (non-hydrogen) atoms. The van der Waals surface area contributed by atoms with Gasteiger partial charge in [0.05, 0.1) is 22.7 Å². The molecule has 3 aromatic rings. The number of carbonyl (C=O) groups is 1. The molecule has 1 aromatic heterocycles. The van der Waals surface area contributed by atoms with Crippen molar-refractivity contribution in [2.24, 2.45) is 0 Å². The molecule has 2 aliphatic carbocycles. The van der Waals surface area contributed by atoms with Crippen molar-refractivity contribution in [2.45, 2.75) is 68.7 Å². The van der Waals surface area contributed by atoms with E-state index in [4.69, 9.17) is 4.74 Å². The third-order valence-electron chi connectivity index (χ3n) is 9.50. The molecule has 0 unspecified atom stereocenters. The van der Waals surface area contributed by atoms with Gasteiger partial charge in [0.15, 0.2) is 11.5 Å². The first kappa shape index (κ1) is 23.3. The monoisotopic (exact) mass is 516 g/mol. The molecule has 1 saturated carbocycles. The number of hydrogen-bond donors (Lipinski definition) is 2. The summed E-state index contributed by atoms with van der Waals surface area (Å²) in [5.74, 6) is 0.570. The van der Waals surface area contributed by atoms with E-state index in [1.165, 1.54) is 4.88 Å². The maximum atomic E-state index is 13.4. The minimum Gasteiger partial charge on any atom is -0.504 e. The lowest BCUT2D eigenvalue weighted by Crippen LogP contribution is -2.78. The number of piperidine rings is 1. The quantitative estimate of drug-likeness (QED) is 0.493. The highest BCUT2D eigenvalue weighted by Crippen LogP contribution is 2.66. The summed E-state index contributed by atoms with van der Waals surface area (Å²) in [6.45, 7) is 9.19. The Morgan fingerprint density at radius 3 is 2.95 bits per heavy atom. The molecule has 5 atom stereocenters. The van der Waals surface area contributed by atoms with Gasteiger partial charge in [0.25, 0.3) is 0 Å². The normalized spacial score (nSPS) is 31.6. The second kappa shape index (κ2) is 7.82. The summed E-state index contributed by atoms with van der Waals surface area (Å²) in [7, 11) is 0. The zero-order valence-electron chi connectivity index (χ0n) is 21.2. The number of thiophene rings is 1. The first-order chi connectivity index (χ1) is 17.8. The minimum atomic E-state index is -1.02. The fourth-order valence-corrected chi connectivity index (χ4v) is 9.16. The van der Waals surface area contributed by atoms with E-state index in [1.807, 2.05) is 29.2 Å². The molecule has 2 fully saturated rings. The molecule has 4 aliphatic rings. The van der Waals surface area contributed by atoms with Crippen LogP contribution in [0, 0.1) is 6.92 Å².